The number of hydrogen-bond donors (Lipinski definition) is 1. The molecule has 1 unspecified atom stereocenters. The maximum Gasteiger partial charge on any atom is 0.251 e. The maximum absolute atomic E-state index is 13.1. The lowest BCUT2D eigenvalue weighted by Gasteiger charge is -2.38. The van der Waals surface area contributed by atoms with E-state index in [0.717, 1.165) is 56.1 Å². The lowest BCUT2D eigenvalue weighted by molar-refractivity contribution is 0.0341. The van der Waals surface area contributed by atoms with Crippen LogP contribution in [0.2, 0.25) is 0 Å². The number of benzene rings is 2. The van der Waals surface area contributed by atoms with Crippen molar-refractivity contribution >= 4 is 5.91 Å². The average Bonchev–Trinajstić information content (AvgIpc) is 2.69. The van der Waals surface area contributed by atoms with Gasteiger partial charge in [-0.05, 0) is 44.5 Å². The van der Waals surface area contributed by atoms with Crippen molar-refractivity contribution in [3.8, 4) is 5.75 Å². The number of nitrogens with one attached hydrogen (secondary N) is 1. The molecule has 2 aromatic rings. The molecule has 1 amide bonds. The summed E-state index contributed by atoms with van der Waals surface area (Å²) in [5.41, 5.74) is 3.76. The Kier molecular flexibility index (Phi) is 5.61. The van der Waals surface area contributed by atoms with Gasteiger partial charge in [0.15, 0.2) is 0 Å². The molecule has 2 aliphatic heterocycles. The summed E-state index contributed by atoms with van der Waals surface area (Å²) >= 11 is 0. The highest BCUT2D eigenvalue weighted by molar-refractivity contribution is 5.94. The van der Waals surface area contributed by atoms with E-state index in [1.165, 1.54) is 5.56 Å². The Morgan fingerprint density at radius 2 is 1.97 bits per heavy atom. The highest BCUT2D eigenvalue weighted by Gasteiger charge is 2.34. The number of carbonyl (C=O) groups is 1. The fraction of sp³-hybridized carbons (Fsp3) is 0.458. The second-order valence-electron chi connectivity index (χ2n) is 8.72. The van der Waals surface area contributed by atoms with Gasteiger partial charge in [-0.1, -0.05) is 29.8 Å². The van der Waals surface area contributed by atoms with Gasteiger partial charge < -0.3 is 14.8 Å². The molecule has 1 atom stereocenters. The van der Waals surface area contributed by atoms with Crippen LogP contribution in [0.5, 0.6) is 5.75 Å². The number of carbonyl (C=O) groups excluding carboxylic acids is 1. The third-order valence-electron chi connectivity index (χ3n) is 5.63. The van der Waals surface area contributed by atoms with Crippen molar-refractivity contribution in [2.24, 2.45) is 0 Å². The van der Waals surface area contributed by atoms with Crippen LogP contribution < -0.4 is 10.1 Å². The van der Waals surface area contributed by atoms with Crippen LogP contribution in [0.15, 0.2) is 42.5 Å². The van der Waals surface area contributed by atoms with Crippen molar-refractivity contribution in [2.75, 3.05) is 26.3 Å². The van der Waals surface area contributed by atoms with Crippen LogP contribution in [-0.2, 0) is 11.3 Å². The number of nitrogens with zero attached hydrogens (tertiary/aromatic N) is 1. The first-order valence-electron chi connectivity index (χ1n) is 10.4. The number of morpholine rings is 1. The Labute approximate surface area is 173 Å². The predicted molar refractivity (Wildman–Crippen MR) is 113 cm³/mol. The van der Waals surface area contributed by atoms with Crippen molar-refractivity contribution in [2.45, 2.75) is 45.4 Å². The fourth-order valence-electron chi connectivity index (χ4n) is 4.17. The predicted octanol–water partition coefficient (Wildman–Crippen LogP) is 3.86. The molecule has 1 fully saturated rings. The van der Waals surface area contributed by atoms with Gasteiger partial charge in [-0.15, -0.1) is 0 Å². The maximum atomic E-state index is 13.1. The Bertz CT molecular complexity index is 887. The molecule has 29 heavy (non-hydrogen) atoms. The Balaban J connectivity index is 1.50. The Morgan fingerprint density at radius 1 is 1.17 bits per heavy atom. The monoisotopic (exact) mass is 394 g/mol. The van der Waals surface area contributed by atoms with E-state index >= 15 is 0 Å². The van der Waals surface area contributed by atoms with Gasteiger partial charge in [0.1, 0.15) is 11.4 Å². The van der Waals surface area contributed by atoms with Crippen molar-refractivity contribution in [1.82, 2.24) is 10.2 Å². The number of hydrogen-bond acceptors (Lipinski definition) is 4. The van der Waals surface area contributed by atoms with Crippen LogP contribution in [0.4, 0.5) is 0 Å². The highest BCUT2D eigenvalue weighted by atomic mass is 16.5. The van der Waals surface area contributed by atoms with Gasteiger partial charge in [0.2, 0.25) is 0 Å². The number of amides is 1. The molecule has 0 spiro atoms. The van der Waals surface area contributed by atoms with Gasteiger partial charge >= 0.3 is 0 Å². The molecule has 1 N–H and O–H groups in total. The first kappa shape index (κ1) is 19.9. The number of fused-ring (bicyclic) bond motifs is 1. The van der Waals surface area contributed by atoms with Crippen LogP contribution in [0.1, 0.15) is 53.4 Å². The molecule has 2 aromatic carbocycles. The van der Waals surface area contributed by atoms with Crippen molar-refractivity contribution in [3.05, 3.63) is 64.7 Å². The third-order valence-corrected chi connectivity index (χ3v) is 5.63. The summed E-state index contributed by atoms with van der Waals surface area (Å²) in [4.78, 5) is 15.4. The minimum absolute atomic E-state index is 0.0380. The lowest BCUT2D eigenvalue weighted by atomic mass is 9.88. The minimum Gasteiger partial charge on any atom is -0.487 e. The van der Waals surface area contributed by atoms with Gasteiger partial charge in [0.25, 0.3) is 5.91 Å². The zero-order chi connectivity index (χ0) is 20.4. The van der Waals surface area contributed by atoms with Crippen molar-refractivity contribution in [3.63, 3.8) is 0 Å². The summed E-state index contributed by atoms with van der Waals surface area (Å²) in [6, 6.07) is 14.1. The minimum atomic E-state index is -0.321. The number of ether oxygens (including phenoxy) is 2. The van der Waals surface area contributed by atoms with Gasteiger partial charge in [0.05, 0.1) is 19.3 Å². The lowest BCUT2D eigenvalue weighted by Crippen LogP contribution is -2.41. The van der Waals surface area contributed by atoms with Crippen LogP contribution in [-0.4, -0.2) is 42.7 Å². The topological polar surface area (TPSA) is 50.8 Å². The molecule has 0 radical (unpaired) electrons. The van der Waals surface area contributed by atoms with E-state index in [-0.39, 0.29) is 17.6 Å². The molecule has 2 heterocycles. The standard InChI is InChI=1S/C24H30N2O3/c1-17-7-8-22-20(13-17)21(15-24(2,3)29-22)25-23(27)19-6-4-5-18(14-19)16-26-9-11-28-12-10-26/h4-8,13-14,21H,9-12,15-16H2,1-3H3,(H,25,27). The molecule has 1 saturated heterocycles. The molecule has 2 aliphatic rings. The number of aryl methyl sites for hydroxylation is 1. The largest absolute Gasteiger partial charge is 0.487 e. The molecular formula is C24H30N2O3. The molecule has 0 bridgehead atoms. The Hall–Kier alpha value is -2.37. The molecule has 0 aromatic heterocycles. The molecule has 5 nitrogen and oxygen atoms in total. The van der Waals surface area contributed by atoms with Gasteiger partial charge in [-0.3, -0.25) is 9.69 Å². The van der Waals surface area contributed by atoms with E-state index in [0.29, 0.717) is 5.56 Å². The van der Waals surface area contributed by atoms with E-state index in [9.17, 15) is 4.79 Å². The molecule has 154 valence electrons. The average molecular weight is 395 g/mol. The van der Waals surface area contributed by atoms with E-state index in [1.807, 2.05) is 30.3 Å². The van der Waals surface area contributed by atoms with Gasteiger partial charge in [0, 0.05) is 37.2 Å². The second kappa shape index (κ2) is 8.17. The quantitative estimate of drug-likeness (QED) is 0.856. The molecule has 4 rings (SSSR count). The van der Waals surface area contributed by atoms with Crippen LogP contribution in [0.3, 0.4) is 0 Å². The van der Waals surface area contributed by atoms with E-state index in [2.05, 4.69) is 43.1 Å². The molecule has 5 heteroatoms. The number of rotatable bonds is 4. The first-order valence-corrected chi connectivity index (χ1v) is 10.4. The van der Waals surface area contributed by atoms with Crippen LogP contribution >= 0.6 is 0 Å². The van der Waals surface area contributed by atoms with Crippen LogP contribution in [0, 0.1) is 6.92 Å². The summed E-state index contributed by atoms with van der Waals surface area (Å²) in [5.74, 6) is 0.821. The third kappa shape index (κ3) is 4.80. The van der Waals surface area contributed by atoms with Crippen molar-refractivity contribution in [1.29, 1.82) is 0 Å². The van der Waals surface area contributed by atoms with E-state index in [1.54, 1.807) is 0 Å². The van der Waals surface area contributed by atoms with Crippen molar-refractivity contribution < 1.29 is 14.3 Å². The first-order chi connectivity index (χ1) is 13.9. The fourth-order valence-corrected chi connectivity index (χ4v) is 4.17. The smallest absolute Gasteiger partial charge is 0.251 e. The van der Waals surface area contributed by atoms with E-state index in [4.69, 9.17) is 9.47 Å². The highest BCUT2D eigenvalue weighted by Crippen LogP contribution is 2.40. The summed E-state index contributed by atoms with van der Waals surface area (Å²) in [6.45, 7) is 10.5. The van der Waals surface area contributed by atoms with Gasteiger partial charge in [-0.25, -0.2) is 0 Å². The summed E-state index contributed by atoms with van der Waals surface area (Å²) in [5, 5.41) is 3.25. The van der Waals surface area contributed by atoms with Gasteiger partial charge in [-0.2, -0.15) is 0 Å². The molecular weight excluding hydrogens is 364 g/mol. The zero-order valence-electron chi connectivity index (χ0n) is 17.5. The summed E-state index contributed by atoms with van der Waals surface area (Å²) < 4.78 is 11.6. The Morgan fingerprint density at radius 3 is 2.76 bits per heavy atom. The van der Waals surface area contributed by atoms with E-state index < -0.39 is 0 Å². The normalized spacial score (nSPS) is 21.1. The van der Waals surface area contributed by atoms with Crippen LogP contribution in [0.25, 0.3) is 0 Å². The summed E-state index contributed by atoms with van der Waals surface area (Å²) in [6.07, 6.45) is 0.739. The SMILES string of the molecule is Cc1ccc2c(c1)C(NC(=O)c1cccc(CN3CCOCC3)c1)CC(C)(C)O2. The molecule has 0 aliphatic carbocycles. The zero-order valence-corrected chi connectivity index (χ0v) is 17.5. The summed E-state index contributed by atoms with van der Waals surface area (Å²) in [7, 11) is 0. The second-order valence-corrected chi connectivity index (χ2v) is 8.72. The molecule has 0 saturated carbocycles.